The van der Waals surface area contributed by atoms with E-state index in [1.54, 1.807) is 0 Å². The van der Waals surface area contributed by atoms with E-state index < -0.39 is 23.4 Å². The van der Waals surface area contributed by atoms with Crippen molar-refractivity contribution >= 4 is 21.9 Å². The molecule has 17 heavy (non-hydrogen) atoms. The van der Waals surface area contributed by atoms with Gasteiger partial charge < -0.3 is 4.74 Å². The zero-order chi connectivity index (χ0) is 12.8. The van der Waals surface area contributed by atoms with Gasteiger partial charge >= 0.3 is 12.1 Å². The smallest absolute Gasteiger partial charge is 0.436 e. The van der Waals surface area contributed by atoms with Crippen molar-refractivity contribution < 1.29 is 22.7 Å². The van der Waals surface area contributed by atoms with Gasteiger partial charge in [-0.15, -0.1) is 0 Å². The molecule has 0 bridgehead atoms. The van der Waals surface area contributed by atoms with Gasteiger partial charge in [0.1, 0.15) is 0 Å². The van der Waals surface area contributed by atoms with E-state index in [0.717, 1.165) is 10.9 Å². The second-order valence-corrected chi connectivity index (χ2v) is 4.65. The van der Waals surface area contributed by atoms with Crippen molar-refractivity contribution in [1.82, 2.24) is 9.78 Å². The van der Waals surface area contributed by atoms with Crippen molar-refractivity contribution in [2.45, 2.75) is 24.6 Å². The van der Waals surface area contributed by atoms with Crippen LogP contribution in [0.25, 0.3) is 0 Å². The summed E-state index contributed by atoms with van der Waals surface area (Å²) in [5, 5.41) is 3.43. The van der Waals surface area contributed by atoms with Gasteiger partial charge in [-0.25, -0.2) is 4.79 Å². The van der Waals surface area contributed by atoms with Crippen molar-refractivity contribution in [3.63, 3.8) is 0 Å². The first-order chi connectivity index (χ1) is 7.81. The Hall–Kier alpha value is -1.05. The first-order valence-electron chi connectivity index (χ1n) is 4.72. The van der Waals surface area contributed by atoms with E-state index in [-0.39, 0.29) is 4.47 Å². The Labute approximate surface area is 103 Å². The lowest BCUT2D eigenvalue weighted by atomic mass is 10.3. The number of hydrogen-bond acceptors (Lipinski definition) is 3. The molecule has 0 aliphatic heterocycles. The van der Waals surface area contributed by atoms with Crippen LogP contribution in [0.5, 0.6) is 0 Å². The molecule has 0 N–H and O–H groups in total. The molecular weight excluding hydrogens is 305 g/mol. The van der Waals surface area contributed by atoms with Gasteiger partial charge in [-0.05, 0) is 28.8 Å². The molecule has 1 aromatic heterocycles. The molecule has 0 saturated heterocycles. The minimum atomic E-state index is -4.55. The molecule has 2 rings (SSSR count). The van der Waals surface area contributed by atoms with E-state index in [2.05, 4.69) is 25.8 Å². The zero-order valence-corrected chi connectivity index (χ0v) is 10.3. The average Bonchev–Trinajstić information content (AvgIpc) is 2.94. The van der Waals surface area contributed by atoms with E-state index >= 15 is 0 Å². The Morgan fingerprint density at radius 2 is 2.18 bits per heavy atom. The highest BCUT2D eigenvalue weighted by Crippen LogP contribution is 2.46. The van der Waals surface area contributed by atoms with Crippen LogP contribution in [-0.2, 0) is 21.2 Å². The Morgan fingerprint density at radius 3 is 2.53 bits per heavy atom. The summed E-state index contributed by atoms with van der Waals surface area (Å²) in [6, 6.07) is 0. The Bertz CT molecular complexity index is 465. The maximum Gasteiger partial charge on any atom is 0.436 e. The van der Waals surface area contributed by atoms with E-state index in [0.29, 0.717) is 12.8 Å². The summed E-state index contributed by atoms with van der Waals surface area (Å²) in [6.45, 7) is 0. The third-order valence-corrected chi connectivity index (χ3v) is 3.25. The summed E-state index contributed by atoms with van der Waals surface area (Å²) in [5.41, 5.74) is -2.09. The number of hydrogen-bond donors (Lipinski definition) is 0. The fourth-order valence-corrected chi connectivity index (χ4v) is 2.10. The highest BCUT2D eigenvalue weighted by atomic mass is 79.9. The summed E-state index contributed by atoms with van der Waals surface area (Å²) in [4.78, 5) is 11.5. The second kappa shape index (κ2) is 3.72. The highest BCUT2D eigenvalue weighted by molar-refractivity contribution is 9.10. The van der Waals surface area contributed by atoms with Crippen molar-refractivity contribution in [2.24, 2.45) is 0 Å². The molecule has 1 aromatic rings. The van der Waals surface area contributed by atoms with Crippen LogP contribution >= 0.6 is 15.9 Å². The van der Waals surface area contributed by atoms with Crippen LogP contribution in [-0.4, -0.2) is 22.9 Å². The largest absolute Gasteiger partial charge is 0.467 e. The molecule has 0 radical (unpaired) electrons. The predicted molar refractivity (Wildman–Crippen MR) is 54.2 cm³/mol. The van der Waals surface area contributed by atoms with E-state index in [9.17, 15) is 18.0 Å². The molecule has 0 spiro atoms. The van der Waals surface area contributed by atoms with Crippen molar-refractivity contribution in [3.8, 4) is 0 Å². The Balaban J connectivity index is 2.40. The van der Waals surface area contributed by atoms with Crippen LogP contribution in [0.3, 0.4) is 0 Å². The molecule has 1 heterocycles. The predicted octanol–water partition coefficient (Wildman–Crippen LogP) is 2.33. The van der Waals surface area contributed by atoms with Gasteiger partial charge in [-0.1, -0.05) is 0 Å². The first kappa shape index (κ1) is 12.4. The topological polar surface area (TPSA) is 44.1 Å². The van der Waals surface area contributed by atoms with Crippen molar-refractivity contribution in [1.29, 1.82) is 0 Å². The van der Waals surface area contributed by atoms with Crippen LogP contribution in [0, 0.1) is 0 Å². The number of rotatable bonds is 2. The van der Waals surface area contributed by atoms with Gasteiger partial charge in [-0.2, -0.15) is 18.3 Å². The standard InChI is InChI=1S/C9H8BrF3N2O2/c1-17-7(16)8(2-3-8)15-4-5(10)6(14-15)9(11,12)13/h4H,2-3H2,1H3. The summed E-state index contributed by atoms with van der Waals surface area (Å²) in [6.07, 6.45) is -2.51. The minimum Gasteiger partial charge on any atom is -0.467 e. The number of methoxy groups -OCH3 is 1. The molecule has 1 saturated carbocycles. The molecule has 1 aliphatic rings. The maximum absolute atomic E-state index is 12.5. The number of nitrogens with zero attached hydrogens (tertiary/aromatic N) is 2. The molecule has 4 nitrogen and oxygen atoms in total. The fourth-order valence-electron chi connectivity index (χ4n) is 1.60. The van der Waals surface area contributed by atoms with Gasteiger partial charge in [-0.3, -0.25) is 4.68 Å². The van der Waals surface area contributed by atoms with Crippen LogP contribution in [0.1, 0.15) is 18.5 Å². The quantitative estimate of drug-likeness (QED) is 0.787. The maximum atomic E-state index is 12.5. The summed E-state index contributed by atoms with van der Waals surface area (Å²) in [5.74, 6) is -0.568. The molecule has 1 fully saturated rings. The van der Waals surface area contributed by atoms with Crippen LogP contribution in [0.4, 0.5) is 13.2 Å². The first-order valence-corrected chi connectivity index (χ1v) is 5.52. The van der Waals surface area contributed by atoms with E-state index in [1.807, 2.05) is 0 Å². The van der Waals surface area contributed by atoms with Crippen LogP contribution in [0.2, 0.25) is 0 Å². The molecule has 0 atom stereocenters. The number of carbonyl (C=O) groups excluding carboxylic acids is 1. The van der Waals surface area contributed by atoms with Crippen molar-refractivity contribution in [2.75, 3.05) is 7.11 Å². The molecule has 0 aromatic carbocycles. The van der Waals surface area contributed by atoms with Crippen molar-refractivity contribution in [3.05, 3.63) is 16.4 Å². The van der Waals surface area contributed by atoms with Gasteiger partial charge in [0.2, 0.25) is 0 Å². The molecule has 94 valence electrons. The molecule has 1 aliphatic carbocycles. The lowest BCUT2D eigenvalue weighted by molar-refractivity contribution is -0.148. The second-order valence-electron chi connectivity index (χ2n) is 3.79. The number of ether oxygens (including phenoxy) is 1. The number of carbonyl (C=O) groups is 1. The number of alkyl halides is 3. The summed E-state index contributed by atoms with van der Waals surface area (Å²) < 4.78 is 43.0. The van der Waals surface area contributed by atoms with Gasteiger partial charge in [0, 0.05) is 6.20 Å². The highest BCUT2D eigenvalue weighted by Gasteiger charge is 2.55. The lowest BCUT2D eigenvalue weighted by Gasteiger charge is -2.12. The monoisotopic (exact) mass is 312 g/mol. The lowest BCUT2D eigenvalue weighted by Crippen LogP contribution is -2.29. The SMILES string of the molecule is COC(=O)C1(n2cc(Br)c(C(F)(F)F)n2)CC1. The van der Waals surface area contributed by atoms with E-state index in [4.69, 9.17) is 0 Å². The van der Waals surface area contributed by atoms with Gasteiger partial charge in [0.25, 0.3) is 0 Å². The van der Waals surface area contributed by atoms with Crippen LogP contribution < -0.4 is 0 Å². The third-order valence-electron chi connectivity index (χ3n) is 2.67. The van der Waals surface area contributed by atoms with Crippen LogP contribution in [0.15, 0.2) is 10.7 Å². The van der Waals surface area contributed by atoms with Gasteiger partial charge in [0.05, 0.1) is 11.6 Å². The zero-order valence-electron chi connectivity index (χ0n) is 8.71. The third kappa shape index (κ3) is 1.94. The Kier molecular flexibility index (Phi) is 2.72. The normalized spacial score (nSPS) is 17.9. The number of aromatic nitrogens is 2. The number of halogens is 4. The minimum absolute atomic E-state index is 0.180. The number of esters is 1. The molecule has 0 amide bonds. The molecule has 0 unspecified atom stereocenters. The average molecular weight is 313 g/mol. The molecular formula is C9H8BrF3N2O2. The van der Waals surface area contributed by atoms with Gasteiger partial charge in [0.15, 0.2) is 11.2 Å². The summed E-state index contributed by atoms with van der Waals surface area (Å²) in [7, 11) is 1.20. The fraction of sp³-hybridized carbons (Fsp3) is 0.556. The molecule has 8 heteroatoms. The van der Waals surface area contributed by atoms with E-state index in [1.165, 1.54) is 7.11 Å². The summed E-state index contributed by atoms with van der Waals surface area (Å²) >= 11 is 2.79. The Morgan fingerprint density at radius 1 is 1.59 bits per heavy atom.